The molecule has 1 saturated carbocycles. The Balaban J connectivity index is 1.51. The summed E-state index contributed by atoms with van der Waals surface area (Å²) in [5.41, 5.74) is 0. The van der Waals surface area contributed by atoms with Gasteiger partial charge >= 0.3 is 0 Å². The van der Waals surface area contributed by atoms with E-state index in [-0.39, 0.29) is 30.3 Å². The molecule has 1 unspecified atom stereocenters. The van der Waals surface area contributed by atoms with Crippen molar-refractivity contribution in [2.75, 3.05) is 13.1 Å². The van der Waals surface area contributed by atoms with Crippen LogP contribution in [0.25, 0.3) is 0 Å². The molecule has 2 aliphatic rings. The smallest absolute Gasteiger partial charge is 0.244 e. The third-order valence-corrected chi connectivity index (χ3v) is 5.00. The molecular formula is C16H23ClN4O2. The van der Waals surface area contributed by atoms with Crippen LogP contribution in [-0.4, -0.2) is 45.6 Å². The lowest BCUT2D eigenvalue weighted by atomic mass is 10.0. The molecule has 126 valence electrons. The molecule has 1 aliphatic heterocycles. The zero-order chi connectivity index (χ0) is 16.6. The number of hydrogen-bond donors (Lipinski definition) is 1. The average molecular weight is 339 g/mol. The van der Waals surface area contributed by atoms with Gasteiger partial charge in [-0.1, -0.05) is 11.6 Å². The number of hydrogen-bond acceptors (Lipinski definition) is 3. The third-order valence-electron chi connectivity index (χ3n) is 4.80. The first-order valence-electron chi connectivity index (χ1n) is 8.18. The maximum absolute atomic E-state index is 12.4. The second-order valence-electron chi connectivity index (χ2n) is 7.01. The van der Waals surface area contributed by atoms with E-state index in [0.717, 1.165) is 25.9 Å². The number of amides is 2. The molecule has 1 aliphatic carbocycles. The maximum atomic E-state index is 12.4. The number of carbonyl (C=O) groups excluding carboxylic acids is 2. The van der Waals surface area contributed by atoms with E-state index in [0.29, 0.717) is 16.9 Å². The predicted octanol–water partition coefficient (Wildman–Crippen LogP) is 1.55. The highest BCUT2D eigenvalue weighted by molar-refractivity contribution is 6.30. The molecule has 1 N–H and O–H groups in total. The van der Waals surface area contributed by atoms with Crippen LogP contribution < -0.4 is 5.32 Å². The van der Waals surface area contributed by atoms with E-state index in [1.807, 2.05) is 18.7 Å². The van der Waals surface area contributed by atoms with Gasteiger partial charge in [0, 0.05) is 31.2 Å². The number of nitrogens with zero attached hydrogens (tertiary/aromatic N) is 3. The summed E-state index contributed by atoms with van der Waals surface area (Å²) in [6.07, 6.45) is 4.97. The quantitative estimate of drug-likeness (QED) is 0.905. The average Bonchev–Trinajstić information content (AvgIpc) is 3.11. The molecule has 0 spiro atoms. The van der Waals surface area contributed by atoms with Crippen molar-refractivity contribution in [2.45, 2.75) is 39.3 Å². The van der Waals surface area contributed by atoms with E-state index in [1.54, 1.807) is 10.9 Å². The molecule has 0 radical (unpaired) electrons. The minimum Gasteiger partial charge on any atom is -0.354 e. The Labute approximate surface area is 141 Å². The minimum absolute atomic E-state index is 0.0716. The molecule has 1 aromatic rings. The Morgan fingerprint density at radius 2 is 2.00 bits per heavy atom. The van der Waals surface area contributed by atoms with Crippen molar-refractivity contribution in [3.05, 3.63) is 17.4 Å². The van der Waals surface area contributed by atoms with Crippen LogP contribution in [0, 0.1) is 17.8 Å². The lowest BCUT2D eigenvalue weighted by Crippen LogP contribution is -2.36. The van der Waals surface area contributed by atoms with Gasteiger partial charge in [0.1, 0.15) is 6.54 Å². The largest absolute Gasteiger partial charge is 0.354 e. The summed E-state index contributed by atoms with van der Waals surface area (Å²) in [4.78, 5) is 26.4. The molecule has 1 saturated heterocycles. The minimum atomic E-state index is 0.0716. The Hall–Kier alpha value is -1.56. The van der Waals surface area contributed by atoms with Crippen LogP contribution in [-0.2, 0) is 16.1 Å². The van der Waals surface area contributed by atoms with Gasteiger partial charge in [-0.2, -0.15) is 5.10 Å². The molecule has 2 amide bonds. The number of rotatable bonds is 4. The maximum Gasteiger partial charge on any atom is 0.244 e. The summed E-state index contributed by atoms with van der Waals surface area (Å²) in [6.45, 7) is 5.70. The second kappa shape index (κ2) is 6.51. The molecule has 2 heterocycles. The van der Waals surface area contributed by atoms with Crippen LogP contribution >= 0.6 is 11.6 Å². The van der Waals surface area contributed by atoms with E-state index in [2.05, 4.69) is 10.4 Å². The first-order valence-corrected chi connectivity index (χ1v) is 8.56. The molecule has 7 heteroatoms. The predicted molar refractivity (Wildman–Crippen MR) is 86.8 cm³/mol. The summed E-state index contributed by atoms with van der Waals surface area (Å²) in [7, 11) is 0. The number of halogens is 1. The van der Waals surface area contributed by atoms with Crippen molar-refractivity contribution in [3.63, 3.8) is 0 Å². The van der Waals surface area contributed by atoms with Crippen molar-refractivity contribution >= 4 is 23.4 Å². The molecule has 0 aromatic carbocycles. The lowest BCUT2D eigenvalue weighted by molar-refractivity contribution is -0.131. The zero-order valence-electron chi connectivity index (χ0n) is 13.5. The normalized spacial score (nSPS) is 26.6. The Kier molecular flexibility index (Phi) is 4.62. The highest BCUT2D eigenvalue weighted by atomic mass is 35.5. The topological polar surface area (TPSA) is 67.2 Å². The number of fused-ring (bicyclic) bond motifs is 1. The van der Waals surface area contributed by atoms with Crippen LogP contribution in [0.4, 0.5) is 0 Å². The standard InChI is InChI=1S/C16H23ClN4O2/c1-10(2)19-16(23)11-3-12-6-20(7-13(12)4-11)15(22)9-21-8-14(17)5-18-21/h5,8,10-13H,3-4,6-7,9H2,1-2H3,(H,19,23)/t11?,12-,13+. The van der Waals surface area contributed by atoms with E-state index in [1.165, 1.54) is 6.20 Å². The summed E-state index contributed by atoms with van der Waals surface area (Å²) in [5.74, 6) is 1.24. The van der Waals surface area contributed by atoms with Gasteiger partial charge in [-0.05, 0) is 38.5 Å². The number of nitrogens with one attached hydrogen (secondary N) is 1. The van der Waals surface area contributed by atoms with Gasteiger partial charge in [0.25, 0.3) is 0 Å². The molecule has 3 rings (SSSR count). The van der Waals surface area contributed by atoms with Crippen LogP contribution in [0.1, 0.15) is 26.7 Å². The van der Waals surface area contributed by atoms with E-state index < -0.39 is 0 Å². The van der Waals surface area contributed by atoms with Crippen molar-refractivity contribution in [3.8, 4) is 0 Å². The second-order valence-corrected chi connectivity index (χ2v) is 7.44. The Morgan fingerprint density at radius 1 is 1.35 bits per heavy atom. The van der Waals surface area contributed by atoms with Crippen molar-refractivity contribution < 1.29 is 9.59 Å². The van der Waals surface area contributed by atoms with Gasteiger partial charge in [-0.15, -0.1) is 0 Å². The lowest BCUT2D eigenvalue weighted by Gasteiger charge is -2.19. The van der Waals surface area contributed by atoms with E-state index >= 15 is 0 Å². The van der Waals surface area contributed by atoms with Crippen LogP contribution in [0.3, 0.4) is 0 Å². The first-order chi connectivity index (χ1) is 10.9. The fraction of sp³-hybridized carbons (Fsp3) is 0.688. The summed E-state index contributed by atoms with van der Waals surface area (Å²) in [6, 6.07) is 0.182. The van der Waals surface area contributed by atoms with Gasteiger partial charge in [0.15, 0.2) is 0 Å². The third kappa shape index (κ3) is 3.68. The summed E-state index contributed by atoms with van der Waals surface area (Å²) >= 11 is 5.82. The van der Waals surface area contributed by atoms with Crippen LogP contribution in [0.15, 0.2) is 12.4 Å². The molecule has 6 nitrogen and oxygen atoms in total. The molecule has 23 heavy (non-hydrogen) atoms. The summed E-state index contributed by atoms with van der Waals surface area (Å²) < 4.78 is 1.57. The SMILES string of the molecule is CC(C)NC(=O)C1C[C@@H]2CN(C(=O)Cn3cc(Cl)cn3)C[C@@H]2C1. The number of likely N-dealkylation sites (tertiary alicyclic amines) is 1. The fourth-order valence-corrected chi connectivity index (χ4v) is 3.94. The monoisotopic (exact) mass is 338 g/mol. The summed E-state index contributed by atoms with van der Waals surface area (Å²) in [5, 5.41) is 7.58. The molecule has 1 aromatic heterocycles. The van der Waals surface area contributed by atoms with E-state index in [9.17, 15) is 9.59 Å². The van der Waals surface area contributed by atoms with Gasteiger partial charge in [-0.25, -0.2) is 0 Å². The van der Waals surface area contributed by atoms with Crippen LogP contribution in [0.5, 0.6) is 0 Å². The van der Waals surface area contributed by atoms with Crippen molar-refractivity contribution in [1.82, 2.24) is 20.0 Å². The van der Waals surface area contributed by atoms with E-state index in [4.69, 9.17) is 11.6 Å². The van der Waals surface area contributed by atoms with Crippen molar-refractivity contribution in [1.29, 1.82) is 0 Å². The van der Waals surface area contributed by atoms with Gasteiger partial charge < -0.3 is 10.2 Å². The molecule has 3 atom stereocenters. The highest BCUT2D eigenvalue weighted by Gasteiger charge is 2.44. The fourth-order valence-electron chi connectivity index (χ4n) is 3.78. The zero-order valence-corrected chi connectivity index (χ0v) is 14.3. The molecule has 2 fully saturated rings. The van der Waals surface area contributed by atoms with Gasteiger partial charge in [-0.3, -0.25) is 14.3 Å². The van der Waals surface area contributed by atoms with Gasteiger partial charge in [0.05, 0.1) is 11.2 Å². The molecule has 0 bridgehead atoms. The highest BCUT2D eigenvalue weighted by Crippen LogP contribution is 2.41. The van der Waals surface area contributed by atoms with Crippen LogP contribution in [0.2, 0.25) is 5.02 Å². The Bertz CT molecular complexity index is 587. The number of carbonyl (C=O) groups is 2. The molecular weight excluding hydrogens is 316 g/mol. The Morgan fingerprint density at radius 3 is 2.52 bits per heavy atom. The first kappa shape index (κ1) is 16.3. The number of aromatic nitrogens is 2. The van der Waals surface area contributed by atoms with Gasteiger partial charge in [0.2, 0.25) is 11.8 Å². The van der Waals surface area contributed by atoms with Crippen molar-refractivity contribution in [2.24, 2.45) is 17.8 Å².